The van der Waals surface area contributed by atoms with Gasteiger partial charge in [-0.25, -0.2) is 0 Å². The molecule has 0 aromatic heterocycles. The van der Waals surface area contributed by atoms with Crippen molar-refractivity contribution in [3.63, 3.8) is 0 Å². The zero-order valence-electron chi connectivity index (χ0n) is 7.87. The molecule has 1 aliphatic carbocycles. The van der Waals surface area contributed by atoms with E-state index in [2.05, 4.69) is 31.9 Å². The number of allylic oxidation sites excluding steroid dienone is 1. The number of hydrogen-bond acceptors (Lipinski definition) is 4. The summed E-state index contributed by atoms with van der Waals surface area (Å²) in [6.07, 6.45) is -0.0340. The molecule has 15 heavy (non-hydrogen) atoms. The molecule has 0 unspecified atom stereocenters. The minimum absolute atomic E-state index is 0.199. The zero-order valence-corrected chi connectivity index (χ0v) is 11.0. The van der Waals surface area contributed by atoms with E-state index < -0.39 is 11.7 Å². The van der Waals surface area contributed by atoms with E-state index in [0.717, 1.165) is 0 Å². The Morgan fingerprint density at radius 2 is 2.27 bits per heavy atom. The highest BCUT2D eigenvalue weighted by Gasteiger charge is 2.41. The third kappa shape index (κ3) is 2.26. The molecule has 4 nitrogen and oxygen atoms in total. The Morgan fingerprint density at radius 1 is 1.67 bits per heavy atom. The van der Waals surface area contributed by atoms with Crippen molar-refractivity contribution >= 4 is 31.9 Å². The topological polar surface area (TPSA) is 73.5 Å². The van der Waals surface area contributed by atoms with E-state index in [1.165, 1.54) is 13.2 Å². The van der Waals surface area contributed by atoms with Crippen LogP contribution in [0, 0.1) is 11.3 Å². The smallest absolute Gasteiger partial charge is 0.145 e. The Balaban J connectivity index is 3.16. The average molecular weight is 339 g/mol. The van der Waals surface area contributed by atoms with Gasteiger partial charge < -0.3 is 14.9 Å². The molecule has 2 atom stereocenters. The molecular weight excluding hydrogens is 330 g/mol. The predicted octanol–water partition coefficient (Wildman–Crippen LogP) is 1.54. The van der Waals surface area contributed by atoms with Crippen LogP contribution in [-0.4, -0.2) is 29.0 Å². The minimum Gasteiger partial charge on any atom is -0.495 e. The first-order valence-electron chi connectivity index (χ1n) is 4.06. The maximum absolute atomic E-state index is 10.00. The second-order valence-corrected chi connectivity index (χ2v) is 4.81. The molecule has 0 bridgehead atoms. The summed E-state index contributed by atoms with van der Waals surface area (Å²) in [6, 6.07) is 1.82. The first-order valence-corrected chi connectivity index (χ1v) is 5.64. The molecule has 0 saturated carbocycles. The van der Waals surface area contributed by atoms with E-state index >= 15 is 0 Å². The molecule has 0 aromatic carbocycles. The second kappa shape index (κ2) is 4.66. The summed E-state index contributed by atoms with van der Waals surface area (Å²) in [4.78, 5) is 0. The molecule has 0 amide bonds. The number of methoxy groups -OCH3 is 1. The lowest BCUT2D eigenvalue weighted by Gasteiger charge is -2.32. The third-order valence-electron chi connectivity index (χ3n) is 2.09. The molecule has 82 valence electrons. The first kappa shape index (κ1) is 12.7. The number of aliphatic hydroxyl groups is 2. The summed E-state index contributed by atoms with van der Waals surface area (Å²) in [5.74, 6) is 0.408. The van der Waals surface area contributed by atoms with Crippen LogP contribution in [0.1, 0.15) is 6.42 Å². The van der Waals surface area contributed by atoms with Crippen molar-refractivity contribution in [3.05, 3.63) is 20.8 Å². The third-order valence-corrected chi connectivity index (χ3v) is 3.47. The lowest BCUT2D eigenvalue weighted by Crippen LogP contribution is -2.43. The van der Waals surface area contributed by atoms with Gasteiger partial charge in [0.25, 0.3) is 0 Å². The fourth-order valence-corrected chi connectivity index (χ4v) is 3.10. The molecule has 0 aromatic rings. The minimum atomic E-state index is -1.59. The van der Waals surface area contributed by atoms with Crippen molar-refractivity contribution in [2.45, 2.75) is 18.1 Å². The average Bonchev–Trinajstić information content (AvgIpc) is 2.15. The molecule has 0 saturated heterocycles. The van der Waals surface area contributed by atoms with Crippen LogP contribution < -0.4 is 0 Å². The van der Waals surface area contributed by atoms with E-state index in [0.29, 0.717) is 14.7 Å². The highest BCUT2D eigenvalue weighted by molar-refractivity contribution is 9.12. The lowest BCUT2D eigenvalue weighted by atomic mass is 9.89. The molecule has 1 aliphatic rings. The number of aliphatic hydroxyl groups excluding tert-OH is 1. The summed E-state index contributed by atoms with van der Waals surface area (Å²) in [6.45, 7) is 0. The number of ether oxygens (including phenoxy) is 1. The maximum Gasteiger partial charge on any atom is 0.145 e. The van der Waals surface area contributed by atoms with Gasteiger partial charge in [-0.1, -0.05) is 0 Å². The lowest BCUT2D eigenvalue weighted by molar-refractivity contribution is -0.0164. The molecule has 6 heteroatoms. The van der Waals surface area contributed by atoms with Crippen molar-refractivity contribution in [2.75, 3.05) is 7.11 Å². The monoisotopic (exact) mass is 337 g/mol. The van der Waals surface area contributed by atoms with Gasteiger partial charge in [0.2, 0.25) is 0 Å². The second-order valence-electron chi connectivity index (χ2n) is 3.10. The fourth-order valence-electron chi connectivity index (χ4n) is 1.29. The van der Waals surface area contributed by atoms with Crippen molar-refractivity contribution in [1.29, 1.82) is 5.26 Å². The van der Waals surface area contributed by atoms with Gasteiger partial charge in [-0.15, -0.1) is 0 Å². The number of halogens is 2. The van der Waals surface area contributed by atoms with Gasteiger partial charge in [0, 0.05) is 0 Å². The SMILES string of the molecule is COC1=C(Br)[C@H](O)[C@](O)(CC#N)C=C1Br. The fraction of sp³-hybridized carbons (Fsp3) is 0.444. The van der Waals surface area contributed by atoms with Crippen LogP contribution in [0.2, 0.25) is 0 Å². The van der Waals surface area contributed by atoms with E-state index in [-0.39, 0.29) is 6.42 Å². The van der Waals surface area contributed by atoms with Crippen LogP contribution in [-0.2, 0) is 4.74 Å². The standard InChI is InChI=1S/C9H9Br2NO3/c1-15-7-5(10)4-9(14,2-3-12)8(13)6(7)11/h4,8,13-14H,2H2,1H3/t8-,9-/m0/s1. The largest absolute Gasteiger partial charge is 0.495 e. The Bertz CT molecular complexity index is 372. The maximum atomic E-state index is 10.00. The molecular formula is C9H9Br2NO3. The normalized spacial score (nSPS) is 30.9. The Kier molecular flexibility index (Phi) is 3.95. The van der Waals surface area contributed by atoms with E-state index in [1.807, 2.05) is 6.07 Å². The summed E-state index contributed by atoms with van der Waals surface area (Å²) < 4.78 is 5.84. The van der Waals surface area contributed by atoms with Gasteiger partial charge in [-0.05, 0) is 37.9 Å². The Morgan fingerprint density at radius 3 is 2.73 bits per heavy atom. The van der Waals surface area contributed by atoms with Gasteiger partial charge >= 0.3 is 0 Å². The molecule has 0 heterocycles. The van der Waals surface area contributed by atoms with Crippen LogP contribution >= 0.6 is 31.9 Å². The summed E-state index contributed by atoms with van der Waals surface area (Å²) in [5, 5.41) is 28.4. The Labute approximate surface area is 104 Å². The van der Waals surface area contributed by atoms with Crippen molar-refractivity contribution in [3.8, 4) is 6.07 Å². The van der Waals surface area contributed by atoms with Gasteiger partial charge in [0.15, 0.2) is 0 Å². The molecule has 2 N–H and O–H groups in total. The molecule has 1 rings (SSSR count). The predicted molar refractivity (Wildman–Crippen MR) is 61.2 cm³/mol. The molecule has 0 aliphatic heterocycles. The van der Waals surface area contributed by atoms with E-state index in [4.69, 9.17) is 10.00 Å². The van der Waals surface area contributed by atoms with E-state index in [1.54, 1.807) is 0 Å². The number of rotatable bonds is 2. The Hall–Kier alpha value is -0.350. The number of hydrogen-bond donors (Lipinski definition) is 2. The number of nitrogens with zero attached hydrogens (tertiary/aromatic N) is 1. The van der Waals surface area contributed by atoms with Gasteiger partial charge in [-0.2, -0.15) is 5.26 Å². The van der Waals surface area contributed by atoms with Crippen LogP contribution in [0.25, 0.3) is 0 Å². The van der Waals surface area contributed by atoms with Crippen LogP contribution in [0.5, 0.6) is 0 Å². The zero-order chi connectivity index (χ0) is 11.6. The van der Waals surface area contributed by atoms with Gasteiger partial charge in [-0.3, -0.25) is 0 Å². The van der Waals surface area contributed by atoms with Gasteiger partial charge in [0.05, 0.1) is 28.6 Å². The molecule has 0 radical (unpaired) electrons. The van der Waals surface area contributed by atoms with Gasteiger partial charge in [0.1, 0.15) is 17.5 Å². The van der Waals surface area contributed by atoms with E-state index in [9.17, 15) is 10.2 Å². The first-order chi connectivity index (χ1) is 6.96. The quantitative estimate of drug-likeness (QED) is 0.801. The molecule has 0 spiro atoms. The summed E-state index contributed by atoms with van der Waals surface area (Å²) in [5.41, 5.74) is -1.59. The summed E-state index contributed by atoms with van der Waals surface area (Å²) in [7, 11) is 1.45. The van der Waals surface area contributed by atoms with Crippen molar-refractivity contribution in [2.24, 2.45) is 0 Å². The highest BCUT2D eigenvalue weighted by atomic mass is 79.9. The van der Waals surface area contributed by atoms with Crippen LogP contribution in [0.4, 0.5) is 0 Å². The highest BCUT2D eigenvalue weighted by Crippen LogP contribution is 2.39. The summed E-state index contributed by atoms with van der Waals surface area (Å²) >= 11 is 6.33. The van der Waals surface area contributed by atoms with Crippen molar-refractivity contribution < 1.29 is 14.9 Å². The number of nitriles is 1. The molecule has 0 fully saturated rings. The van der Waals surface area contributed by atoms with Crippen molar-refractivity contribution in [1.82, 2.24) is 0 Å². The van der Waals surface area contributed by atoms with Crippen LogP contribution in [0.3, 0.4) is 0 Å². The van der Waals surface area contributed by atoms with Crippen LogP contribution in [0.15, 0.2) is 20.8 Å².